The number of nitriles is 1. The van der Waals surface area contributed by atoms with E-state index >= 15 is 0 Å². The molecular weight excluding hydrogens is 306 g/mol. The molecule has 0 saturated heterocycles. The Morgan fingerprint density at radius 3 is 2.75 bits per heavy atom. The molecule has 0 unspecified atom stereocenters. The van der Waals surface area contributed by atoms with Crippen molar-refractivity contribution in [3.8, 4) is 6.07 Å². The molecular formula is C18H17N3O3. The fourth-order valence-corrected chi connectivity index (χ4v) is 2.40. The largest absolute Gasteiger partial charge is 0.462 e. The molecule has 6 nitrogen and oxygen atoms in total. The smallest absolute Gasteiger partial charge is 0.340 e. The number of H-pyrrole nitrogens is 1. The van der Waals surface area contributed by atoms with Gasteiger partial charge in [0.1, 0.15) is 11.6 Å². The van der Waals surface area contributed by atoms with Crippen LogP contribution in [0.15, 0.2) is 30.1 Å². The Bertz CT molecular complexity index is 842. The molecule has 0 bridgehead atoms. The molecule has 1 N–H and O–H groups in total. The molecule has 0 fully saturated rings. The number of Topliss-reactive ketones (excluding diaryl/α,β-unsaturated/α-hetero) is 1. The quantitative estimate of drug-likeness (QED) is 0.395. The van der Waals surface area contributed by atoms with Gasteiger partial charge in [0.25, 0.3) is 0 Å². The molecule has 0 saturated carbocycles. The topological polar surface area (TPSA) is 95.8 Å². The number of hydrogen-bond acceptors (Lipinski definition) is 5. The second kappa shape index (κ2) is 7.38. The molecule has 24 heavy (non-hydrogen) atoms. The number of esters is 1. The maximum atomic E-state index is 12.7. The molecule has 2 aromatic heterocycles. The van der Waals surface area contributed by atoms with E-state index in [1.165, 1.54) is 6.08 Å². The van der Waals surface area contributed by atoms with Crippen molar-refractivity contribution in [1.82, 2.24) is 9.97 Å². The summed E-state index contributed by atoms with van der Waals surface area (Å²) in [5.74, 6) is -0.963. The van der Waals surface area contributed by atoms with Gasteiger partial charge in [-0.05, 0) is 44.0 Å². The van der Waals surface area contributed by atoms with Gasteiger partial charge in [-0.25, -0.2) is 4.79 Å². The summed E-state index contributed by atoms with van der Waals surface area (Å²) in [6, 6.07) is 5.37. The van der Waals surface area contributed by atoms with Crippen LogP contribution in [0, 0.1) is 25.2 Å². The summed E-state index contributed by atoms with van der Waals surface area (Å²) in [5.41, 5.74) is 2.17. The zero-order valence-electron chi connectivity index (χ0n) is 13.7. The van der Waals surface area contributed by atoms with Crippen LogP contribution in [0.4, 0.5) is 0 Å². The van der Waals surface area contributed by atoms with E-state index in [1.807, 2.05) is 6.07 Å². The van der Waals surface area contributed by atoms with Crippen LogP contribution in [-0.2, 0) is 4.74 Å². The van der Waals surface area contributed by atoms with Gasteiger partial charge in [-0.3, -0.25) is 9.78 Å². The third kappa shape index (κ3) is 3.41. The van der Waals surface area contributed by atoms with Crippen LogP contribution < -0.4 is 0 Å². The van der Waals surface area contributed by atoms with Gasteiger partial charge in [0.05, 0.1) is 17.9 Å². The number of nitrogens with one attached hydrogen (secondary N) is 1. The number of ether oxygens (including phenoxy) is 1. The molecule has 0 amide bonds. The molecule has 2 aromatic rings. The molecule has 0 atom stereocenters. The number of carbonyl (C=O) groups is 2. The highest BCUT2D eigenvalue weighted by Gasteiger charge is 2.24. The standard InChI is InChI=1S/C18H17N3O3/c1-4-24-18(23)15-11(2)16(21-12(15)3)17(22)14(9-19)8-13-6-5-7-20-10-13/h5-8,10,21H,4H2,1-3H3/b14-8+. The third-order valence-corrected chi connectivity index (χ3v) is 3.50. The maximum Gasteiger partial charge on any atom is 0.340 e. The summed E-state index contributed by atoms with van der Waals surface area (Å²) < 4.78 is 5.01. The number of carbonyl (C=O) groups excluding carboxylic acids is 2. The number of pyridine rings is 1. The minimum absolute atomic E-state index is 0.0391. The number of hydrogen-bond donors (Lipinski definition) is 1. The van der Waals surface area contributed by atoms with Gasteiger partial charge in [-0.1, -0.05) is 6.07 Å². The first-order valence-corrected chi connectivity index (χ1v) is 7.42. The average Bonchev–Trinajstić information content (AvgIpc) is 2.87. The lowest BCUT2D eigenvalue weighted by atomic mass is 10.0. The van der Waals surface area contributed by atoms with Crippen LogP contribution in [0.3, 0.4) is 0 Å². The van der Waals surface area contributed by atoms with Gasteiger partial charge in [0.2, 0.25) is 5.78 Å². The summed E-state index contributed by atoms with van der Waals surface area (Å²) in [5, 5.41) is 9.31. The van der Waals surface area contributed by atoms with Crippen molar-refractivity contribution in [2.45, 2.75) is 20.8 Å². The van der Waals surface area contributed by atoms with Crippen LogP contribution in [-0.4, -0.2) is 28.3 Å². The molecule has 0 aliphatic carbocycles. The molecule has 0 radical (unpaired) electrons. The highest BCUT2D eigenvalue weighted by Crippen LogP contribution is 2.22. The molecule has 6 heteroatoms. The lowest BCUT2D eigenvalue weighted by Gasteiger charge is -2.02. The number of aromatic nitrogens is 2. The van der Waals surface area contributed by atoms with Crippen molar-refractivity contribution in [2.24, 2.45) is 0 Å². The van der Waals surface area contributed by atoms with E-state index < -0.39 is 11.8 Å². The van der Waals surface area contributed by atoms with Gasteiger partial charge in [0.15, 0.2) is 0 Å². The Morgan fingerprint density at radius 1 is 1.42 bits per heavy atom. The van der Waals surface area contributed by atoms with Gasteiger partial charge < -0.3 is 9.72 Å². The van der Waals surface area contributed by atoms with Crippen LogP contribution in [0.25, 0.3) is 6.08 Å². The lowest BCUT2D eigenvalue weighted by molar-refractivity contribution is 0.0525. The van der Waals surface area contributed by atoms with Gasteiger partial charge in [0, 0.05) is 18.1 Å². The van der Waals surface area contributed by atoms with E-state index in [-0.39, 0.29) is 17.9 Å². The fraction of sp³-hybridized carbons (Fsp3) is 0.222. The van der Waals surface area contributed by atoms with E-state index in [0.29, 0.717) is 22.4 Å². The normalized spacial score (nSPS) is 11.0. The Balaban J connectivity index is 2.43. The number of rotatable bonds is 5. The van der Waals surface area contributed by atoms with E-state index in [0.717, 1.165) is 0 Å². The van der Waals surface area contributed by atoms with E-state index in [1.54, 1.807) is 45.3 Å². The fourth-order valence-electron chi connectivity index (χ4n) is 2.40. The average molecular weight is 323 g/mol. The number of aromatic amines is 1. The molecule has 122 valence electrons. The monoisotopic (exact) mass is 323 g/mol. The zero-order valence-corrected chi connectivity index (χ0v) is 13.7. The number of allylic oxidation sites excluding steroid dienone is 1. The maximum absolute atomic E-state index is 12.7. The SMILES string of the molecule is CCOC(=O)c1c(C)[nH]c(C(=O)/C(C#N)=C/c2cccnc2)c1C. The van der Waals surface area contributed by atoms with Crippen LogP contribution in [0.2, 0.25) is 0 Å². The molecule has 0 aliphatic heterocycles. The molecule has 0 aliphatic rings. The first kappa shape index (κ1) is 17.2. The second-order valence-corrected chi connectivity index (χ2v) is 5.13. The summed E-state index contributed by atoms with van der Waals surface area (Å²) >= 11 is 0. The van der Waals surface area contributed by atoms with Crippen molar-refractivity contribution in [1.29, 1.82) is 5.26 Å². The Hall–Kier alpha value is -3.20. The predicted octanol–water partition coefficient (Wildman–Crippen LogP) is 2.99. The zero-order chi connectivity index (χ0) is 17.7. The minimum atomic E-state index is -0.488. The van der Waals surface area contributed by atoms with E-state index in [2.05, 4.69) is 9.97 Å². The van der Waals surface area contributed by atoms with Gasteiger partial charge in [-0.15, -0.1) is 0 Å². The number of aryl methyl sites for hydroxylation is 1. The first-order valence-electron chi connectivity index (χ1n) is 7.42. The van der Waals surface area contributed by atoms with Gasteiger partial charge in [-0.2, -0.15) is 5.26 Å². The Morgan fingerprint density at radius 2 is 2.17 bits per heavy atom. The van der Waals surface area contributed by atoms with Crippen LogP contribution >= 0.6 is 0 Å². The van der Waals surface area contributed by atoms with Crippen molar-refractivity contribution >= 4 is 17.8 Å². The summed E-state index contributed by atoms with van der Waals surface area (Å²) in [6.07, 6.45) is 4.63. The van der Waals surface area contributed by atoms with Crippen molar-refractivity contribution in [3.63, 3.8) is 0 Å². The van der Waals surface area contributed by atoms with Crippen molar-refractivity contribution in [2.75, 3.05) is 6.61 Å². The molecule has 0 aromatic carbocycles. The predicted molar refractivity (Wildman–Crippen MR) is 88.4 cm³/mol. The lowest BCUT2D eigenvalue weighted by Crippen LogP contribution is -2.08. The minimum Gasteiger partial charge on any atom is -0.462 e. The highest BCUT2D eigenvalue weighted by molar-refractivity contribution is 6.15. The number of nitrogens with zero attached hydrogens (tertiary/aromatic N) is 2. The van der Waals surface area contributed by atoms with E-state index in [4.69, 9.17) is 4.74 Å². The molecule has 2 rings (SSSR count). The third-order valence-electron chi connectivity index (χ3n) is 3.50. The number of ketones is 1. The van der Waals surface area contributed by atoms with Crippen LogP contribution in [0.1, 0.15) is 44.6 Å². The molecule has 0 spiro atoms. The second-order valence-electron chi connectivity index (χ2n) is 5.13. The van der Waals surface area contributed by atoms with Gasteiger partial charge >= 0.3 is 5.97 Å². The summed E-state index contributed by atoms with van der Waals surface area (Å²) in [7, 11) is 0. The van der Waals surface area contributed by atoms with Crippen molar-refractivity contribution in [3.05, 3.63) is 58.2 Å². The highest BCUT2D eigenvalue weighted by atomic mass is 16.5. The Labute approximate surface area is 139 Å². The summed E-state index contributed by atoms with van der Waals surface area (Å²) in [6.45, 7) is 5.30. The van der Waals surface area contributed by atoms with E-state index in [9.17, 15) is 14.9 Å². The Kier molecular flexibility index (Phi) is 5.27. The van der Waals surface area contributed by atoms with Crippen molar-refractivity contribution < 1.29 is 14.3 Å². The first-order chi connectivity index (χ1) is 11.5. The van der Waals surface area contributed by atoms with Crippen LogP contribution in [0.5, 0.6) is 0 Å². The summed E-state index contributed by atoms with van der Waals surface area (Å²) in [4.78, 5) is 31.5. The molecule has 2 heterocycles.